The molecule has 1 aliphatic rings. The zero-order valence-electron chi connectivity index (χ0n) is 14.7. The first-order chi connectivity index (χ1) is 12.3. The third-order valence-corrected chi connectivity index (χ3v) is 4.57. The highest BCUT2D eigenvalue weighted by molar-refractivity contribution is 5.94. The molecule has 0 saturated carbocycles. The highest BCUT2D eigenvalue weighted by Gasteiger charge is 2.13. The summed E-state index contributed by atoms with van der Waals surface area (Å²) in [7, 11) is 1.65. The molecule has 0 unspecified atom stereocenters. The summed E-state index contributed by atoms with van der Waals surface area (Å²) in [6.45, 7) is 2.69. The number of hydrogen-bond acceptors (Lipinski definition) is 4. The van der Waals surface area contributed by atoms with Crippen molar-refractivity contribution < 1.29 is 9.53 Å². The van der Waals surface area contributed by atoms with Crippen LogP contribution in [-0.2, 0) is 6.42 Å². The van der Waals surface area contributed by atoms with E-state index in [9.17, 15) is 4.79 Å². The molecule has 5 nitrogen and oxygen atoms in total. The number of aromatic nitrogens is 1. The predicted octanol–water partition coefficient (Wildman–Crippen LogP) is 3.05. The summed E-state index contributed by atoms with van der Waals surface area (Å²) in [4.78, 5) is 18.9. The number of anilines is 1. The second kappa shape index (κ2) is 8.51. The maximum absolute atomic E-state index is 12.4. The fourth-order valence-electron chi connectivity index (χ4n) is 3.09. The molecule has 1 amide bonds. The van der Waals surface area contributed by atoms with Crippen molar-refractivity contribution in [3.8, 4) is 5.75 Å². The number of carbonyl (C=O) groups excluding carboxylic acids is 1. The number of methoxy groups -OCH3 is 1. The van der Waals surface area contributed by atoms with E-state index in [2.05, 4.69) is 15.2 Å². The molecule has 0 radical (unpaired) electrons. The molecule has 1 aliphatic heterocycles. The Labute approximate surface area is 149 Å². The third-order valence-electron chi connectivity index (χ3n) is 4.57. The lowest BCUT2D eigenvalue weighted by atomic mass is 10.1. The molecule has 0 bridgehead atoms. The number of pyridine rings is 1. The van der Waals surface area contributed by atoms with E-state index in [0.717, 1.165) is 30.9 Å². The van der Waals surface area contributed by atoms with Crippen molar-refractivity contribution in [1.29, 1.82) is 0 Å². The van der Waals surface area contributed by atoms with Crippen molar-refractivity contribution in [2.75, 3.05) is 31.6 Å². The van der Waals surface area contributed by atoms with Gasteiger partial charge in [0.15, 0.2) is 0 Å². The molecule has 2 aromatic rings. The van der Waals surface area contributed by atoms with Crippen molar-refractivity contribution in [3.63, 3.8) is 0 Å². The van der Waals surface area contributed by atoms with Gasteiger partial charge in [0.05, 0.1) is 24.6 Å². The molecular formula is C20H25N3O2. The molecule has 1 saturated heterocycles. The van der Waals surface area contributed by atoms with Gasteiger partial charge in [-0.25, -0.2) is 0 Å². The molecule has 1 fully saturated rings. The van der Waals surface area contributed by atoms with Gasteiger partial charge >= 0.3 is 0 Å². The van der Waals surface area contributed by atoms with Crippen molar-refractivity contribution in [3.05, 3.63) is 53.9 Å². The summed E-state index contributed by atoms with van der Waals surface area (Å²) >= 11 is 0. The highest BCUT2D eigenvalue weighted by Crippen LogP contribution is 2.19. The van der Waals surface area contributed by atoms with Crippen molar-refractivity contribution in [1.82, 2.24) is 10.3 Å². The van der Waals surface area contributed by atoms with Gasteiger partial charge in [0, 0.05) is 25.8 Å². The standard InChI is InChI=1S/C20H25N3O2/c1-25-19-7-5-16(6-8-19)9-10-22-20(24)17-13-18(15-21-14-17)23-11-3-2-4-12-23/h5-8,13-15H,2-4,9-12H2,1H3,(H,22,24). The van der Waals surface area contributed by atoms with E-state index in [0.29, 0.717) is 12.1 Å². The maximum atomic E-state index is 12.4. The number of benzene rings is 1. The van der Waals surface area contributed by atoms with Gasteiger partial charge in [0.2, 0.25) is 0 Å². The van der Waals surface area contributed by atoms with Crippen LogP contribution < -0.4 is 15.0 Å². The van der Waals surface area contributed by atoms with Crippen molar-refractivity contribution in [2.24, 2.45) is 0 Å². The minimum Gasteiger partial charge on any atom is -0.497 e. The normalized spacial score (nSPS) is 14.2. The molecule has 3 rings (SSSR count). The van der Waals surface area contributed by atoms with Gasteiger partial charge in [-0.1, -0.05) is 12.1 Å². The van der Waals surface area contributed by atoms with Gasteiger partial charge in [0.1, 0.15) is 5.75 Å². The molecule has 0 spiro atoms. The zero-order chi connectivity index (χ0) is 17.5. The van der Waals surface area contributed by atoms with E-state index in [4.69, 9.17) is 4.74 Å². The SMILES string of the molecule is COc1ccc(CCNC(=O)c2cncc(N3CCCCC3)c2)cc1. The number of nitrogens with one attached hydrogen (secondary N) is 1. The van der Waals surface area contributed by atoms with Crippen LogP contribution in [0.2, 0.25) is 0 Å². The number of rotatable bonds is 6. The maximum Gasteiger partial charge on any atom is 0.252 e. The van der Waals surface area contributed by atoms with Crippen molar-refractivity contribution >= 4 is 11.6 Å². The molecule has 0 aliphatic carbocycles. The van der Waals surface area contributed by atoms with E-state index in [1.807, 2.05) is 36.5 Å². The number of hydrogen-bond donors (Lipinski definition) is 1. The summed E-state index contributed by atoms with van der Waals surface area (Å²) in [6, 6.07) is 9.85. The van der Waals surface area contributed by atoms with Crippen LogP contribution in [0.15, 0.2) is 42.7 Å². The second-order valence-corrected chi connectivity index (χ2v) is 6.33. The Hall–Kier alpha value is -2.56. The van der Waals surface area contributed by atoms with Gasteiger partial charge in [-0.05, 0) is 49.4 Å². The first kappa shape index (κ1) is 17.3. The number of piperidine rings is 1. The average molecular weight is 339 g/mol. The largest absolute Gasteiger partial charge is 0.497 e. The van der Waals surface area contributed by atoms with Crippen LogP contribution in [-0.4, -0.2) is 37.6 Å². The van der Waals surface area contributed by atoms with Gasteiger partial charge in [-0.2, -0.15) is 0 Å². The molecule has 1 N–H and O–H groups in total. The van der Waals surface area contributed by atoms with E-state index in [1.165, 1.54) is 24.8 Å². The van der Waals surface area contributed by atoms with Crippen LogP contribution in [0.4, 0.5) is 5.69 Å². The van der Waals surface area contributed by atoms with Crippen LogP contribution in [0.3, 0.4) is 0 Å². The molecule has 0 atom stereocenters. The summed E-state index contributed by atoms with van der Waals surface area (Å²) < 4.78 is 5.15. The highest BCUT2D eigenvalue weighted by atomic mass is 16.5. The molecule has 2 heterocycles. The lowest BCUT2D eigenvalue weighted by Gasteiger charge is -2.28. The number of ether oxygens (including phenoxy) is 1. The smallest absolute Gasteiger partial charge is 0.252 e. The number of amides is 1. The van der Waals surface area contributed by atoms with E-state index in [1.54, 1.807) is 13.3 Å². The molecule has 1 aromatic carbocycles. The lowest BCUT2D eigenvalue weighted by molar-refractivity contribution is 0.0954. The molecule has 5 heteroatoms. The monoisotopic (exact) mass is 339 g/mol. The average Bonchev–Trinajstić information content (AvgIpc) is 2.69. The number of nitrogens with zero attached hydrogens (tertiary/aromatic N) is 2. The third kappa shape index (κ3) is 4.72. The molecule has 132 valence electrons. The van der Waals surface area contributed by atoms with Gasteiger partial charge < -0.3 is 15.0 Å². The Kier molecular flexibility index (Phi) is 5.88. The van der Waals surface area contributed by atoms with Crippen molar-refractivity contribution in [2.45, 2.75) is 25.7 Å². The summed E-state index contributed by atoms with van der Waals surface area (Å²) in [5, 5.41) is 2.98. The van der Waals surface area contributed by atoms with Gasteiger partial charge in [0.25, 0.3) is 5.91 Å². The minimum absolute atomic E-state index is 0.0696. The Morgan fingerprint density at radius 1 is 1.16 bits per heavy atom. The van der Waals surface area contributed by atoms with Crippen LogP contribution in [0.5, 0.6) is 5.75 Å². The topological polar surface area (TPSA) is 54.5 Å². The fraction of sp³-hybridized carbons (Fsp3) is 0.400. The Balaban J connectivity index is 1.53. The second-order valence-electron chi connectivity index (χ2n) is 6.33. The lowest BCUT2D eigenvalue weighted by Crippen LogP contribution is -2.30. The van der Waals surface area contributed by atoms with Crippen LogP contribution in [0.25, 0.3) is 0 Å². The Bertz CT molecular complexity index is 694. The van der Waals surface area contributed by atoms with Crippen LogP contribution in [0.1, 0.15) is 35.2 Å². The summed E-state index contributed by atoms with van der Waals surface area (Å²) in [5.74, 6) is 0.772. The molecule has 1 aromatic heterocycles. The van der Waals surface area contributed by atoms with E-state index >= 15 is 0 Å². The van der Waals surface area contributed by atoms with Gasteiger partial charge in [-0.15, -0.1) is 0 Å². The van der Waals surface area contributed by atoms with Crippen LogP contribution in [0, 0.1) is 0 Å². The first-order valence-corrected chi connectivity index (χ1v) is 8.87. The van der Waals surface area contributed by atoms with E-state index in [-0.39, 0.29) is 5.91 Å². The number of carbonyl (C=O) groups is 1. The first-order valence-electron chi connectivity index (χ1n) is 8.87. The molecular weight excluding hydrogens is 314 g/mol. The van der Waals surface area contributed by atoms with Gasteiger partial charge in [-0.3, -0.25) is 9.78 Å². The zero-order valence-corrected chi connectivity index (χ0v) is 14.7. The minimum atomic E-state index is -0.0696. The van der Waals surface area contributed by atoms with Crippen LogP contribution >= 0.6 is 0 Å². The summed E-state index contributed by atoms with van der Waals surface area (Å²) in [6.07, 6.45) is 7.97. The summed E-state index contributed by atoms with van der Waals surface area (Å²) in [5.41, 5.74) is 2.83. The Morgan fingerprint density at radius 2 is 1.92 bits per heavy atom. The Morgan fingerprint density at radius 3 is 2.64 bits per heavy atom. The predicted molar refractivity (Wildman–Crippen MR) is 99.3 cm³/mol. The quantitative estimate of drug-likeness (QED) is 0.879. The molecule has 25 heavy (non-hydrogen) atoms. The van der Waals surface area contributed by atoms with E-state index < -0.39 is 0 Å². The fourth-order valence-corrected chi connectivity index (χ4v) is 3.09.